The lowest BCUT2D eigenvalue weighted by Gasteiger charge is -2.38. The van der Waals surface area contributed by atoms with Gasteiger partial charge in [0, 0.05) is 32.7 Å². The van der Waals surface area contributed by atoms with E-state index in [-0.39, 0.29) is 5.82 Å². The standard InChI is InChI=1S/C14H22FN3O/c1-14(2,19)10-17-5-7-18(8-6-17)13-9-11(15)3-4-12(13)16/h3-4,9,19H,5-8,10,16H2,1-2H3. The van der Waals surface area contributed by atoms with Crippen molar-refractivity contribution in [3.8, 4) is 0 Å². The van der Waals surface area contributed by atoms with Crippen LogP contribution < -0.4 is 10.6 Å². The fraction of sp³-hybridized carbons (Fsp3) is 0.571. The van der Waals surface area contributed by atoms with E-state index in [2.05, 4.69) is 9.80 Å². The first-order chi connectivity index (χ1) is 8.85. The van der Waals surface area contributed by atoms with Crippen molar-refractivity contribution >= 4 is 11.4 Å². The Kier molecular flexibility index (Phi) is 3.96. The van der Waals surface area contributed by atoms with Crippen LogP contribution in [0.3, 0.4) is 0 Å². The molecule has 0 unspecified atom stereocenters. The maximum absolute atomic E-state index is 13.3. The zero-order chi connectivity index (χ0) is 14.0. The van der Waals surface area contributed by atoms with E-state index in [0.29, 0.717) is 12.2 Å². The average molecular weight is 267 g/mol. The first-order valence-electron chi connectivity index (χ1n) is 6.60. The van der Waals surface area contributed by atoms with Crippen molar-refractivity contribution in [3.63, 3.8) is 0 Å². The van der Waals surface area contributed by atoms with Crippen molar-refractivity contribution in [2.45, 2.75) is 19.4 Å². The molecular formula is C14H22FN3O. The molecule has 0 radical (unpaired) electrons. The highest BCUT2D eigenvalue weighted by Crippen LogP contribution is 2.25. The summed E-state index contributed by atoms with van der Waals surface area (Å²) >= 11 is 0. The molecule has 0 spiro atoms. The second kappa shape index (κ2) is 5.35. The smallest absolute Gasteiger partial charge is 0.125 e. The fourth-order valence-electron chi connectivity index (χ4n) is 2.48. The molecule has 1 aromatic rings. The summed E-state index contributed by atoms with van der Waals surface area (Å²) in [5, 5.41) is 9.81. The predicted molar refractivity (Wildman–Crippen MR) is 75.8 cm³/mol. The van der Waals surface area contributed by atoms with E-state index in [1.54, 1.807) is 6.07 Å². The molecule has 0 atom stereocenters. The molecule has 106 valence electrons. The Hall–Kier alpha value is -1.33. The second-order valence-corrected chi connectivity index (χ2v) is 5.78. The molecule has 1 aliphatic rings. The summed E-state index contributed by atoms with van der Waals surface area (Å²) in [6, 6.07) is 4.47. The highest BCUT2D eigenvalue weighted by Gasteiger charge is 2.23. The number of hydrogen-bond donors (Lipinski definition) is 2. The van der Waals surface area contributed by atoms with Crippen LogP contribution >= 0.6 is 0 Å². The third kappa shape index (κ3) is 3.81. The molecule has 1 heterocycles. The first kappa shape index (κ1) is 14.1. The van der Waals surface area contributed by atoms with Crippen molar-refractivity contribution in [1.82, 2.24) is 4.90 Å². The summed E-state index contributed by atoms with van der Waals surface area (Å²) in [5.74, 6) is -0.261. The highest BCUT2D eigenvalue weighted by molar-refractivity contribution is 5.67. The number of β-amino-alcohol motifs (C(OH)–C–C–N with tert-alkyl or cyclic N) is 1. The summed E-state index contributed by atoms with van der Waals surface area (Å²) < 4.78 is 13.3. The normalized spacial score (nSPS) is 17.8. The van der Waals surface area contributed by atoms with E-state index >= 15 is 0 Å². The lowest BCUT2D eigenvalue weighted by molar-refractivity contribution is 0.0345. The van der Waals surface area contributed by atoms with Gasteiger partial charge >= 0.3 is 0 Å². The molecule has 1 saturated heterocycles. The van der Waals surface area contributed by atoms with Crippen molar-refractivity contribution in [2.75, 3.05) is 43.4 Å². The monoisotopic (exact) mass is 267 g/mol. The van der Waals surface area contributed by atoms with Crippen LogP contribution in [0.15, 0.2) is 18.2 Å². The van der Waals surface area contributed by atoms with Crippen LogP contribution in [0.25, 0.3) is 0 Å². The van der Waals surface area contributed by atoms with Crippen molar-refractivity contribution in [3.05, 3.63) is 24.0 Å². The summed E-state index contributed by atoms with van der Waals surface area (Å²) in [5.41, 5.74) is 6.59. The number of benzene rings is 1. The van der Waals surface area contributed by atoms with Crippen LogP contribution in [0.5, 0.6) is 0 Å². The van der Waals surface area contributed by atoms with E-state index in [4.69, 9.17) is 5.73 Å². The van der Waals surface area contributed by atoms with Gasteiger partial charge in [0.1, 0.15) is 5.82 Å². The van der Waals surface area contributed by atoms with E-state index in [9.17, 15) is 9.50 Å². The number of halogens is 1. The minimum absolute atomic E-state index is 0.261. The zero-order valence-electron chi connectivity index (χ0n) is 11.6. The molecule has 1 aromatic carbocycles. The second-order valence-electron chi connectivity index (χ2n) is 5.78. The van der Waals surface area contributed by atoms with Gasteiger partial charge in [-0.2, -0.15) is 0 Å². The summed E-state index contributed by atoms with van der Waals surface area (Å²) in [6.07, 6.45) is 0. The maximum atomic E-state index is 13.3. The summed E-state index contributed by atoms with van der Waals surface area (Å²) in [7, 11) is 0. The van der Waals surface area contributed by atoms with Crippen LogP contribution in [0.2, 0.25) is 0 Å². The van der Waals surface area contributed by atoms with Gasteiger partial charge in [-0.1, -0.05) is 0 Å². The van der Waals surface area contributed by atoms with Gasteiger partial charge in [-0.25, -0.2) is 4.39 Å². The Balaban J connectivity index is 1.98. The minimum atomic E-state index is -0.681. The zero-order valence-corrected chi connectivity index (χ0v) is 11.6. The number of nitrogens with zero attached hydrogens (tertiary/aromatic N) is 2. The van der Waals surface area contributed by atoms with E-state index in [0.717, 1.165) is 31.9 Å². The van der Waals surface area contributed by atoms with Crippen LogP contribution in [0.1, 0.15) is 13.8 Å². The molecule has 1 aliphatic heterocycles. The van der Waals surface area contributed by atoms with E-state index in [1.807, 2.05) is 13.8 Å². The quantitative estimate of drug-likeness (QED) is 0.811. The maximum Gasteiger partial charge on any atom is 0.125 e. The largest absolute Gasteiger partial charge is 0.397 e. The van der Waals surface area contributed by atoms with Gasteiger partial charge in [0.05, 0.1) is 17.0 Å². The number of nitrogens with two attached hydrogens (primary N) is 1. The molecule has 2 rings (SSSR count). The van der Waals surface area contributed by atoms with E-state index in [1.165, 1.54) is 12.1 Å². The third-order valence-corrected chi connectivity index (χ3v) is 3.32. The molecule has 3 N–H and O–H groups in total. The average Bonchev–Trinajstić information content (AvgIpc) is 2.31. The van der Waals surface area contributed by atoms with Gasteiger partial charge in [-0.15, -0.1) is 0 Å². The topological polar surface area (TPSA) is 52.7 Å². The molecule has 5 heteroatoms. The summed E-state index contributed by atoms with van der Waals surface area (Å²) in [6.45, 7) is 7.56. The Morgan fingerprint density at radius 2 is 1.89 bits per heavy atom. The number of rotatable bonds is 3. The van der Waals surface area contributed by atoms with Crippen LogP contribution in [-0.2, 0) is 0 Å². The third-order valence-electron chi connectivity index (χ3n) is 3.32. The van der Waals surface area contributed by atoms with Crippen molar-refractivity contribution in [2.24, 2.45) is 0 Å². The number of hydrogen-bond acceptors (Lipinski definition) is 4. The minimum Gasteiger partial charge on any atom is -0.397 e. The van der Waals surface area contributed by atoms with Crippen molar-refractivity contribution < 1.29 is 9.50 Å². The van der Waals surface area contributed by atoms with Gasteiger partial charge in [0.2, 0.25) is 0 Å². The first-order valence-corrected chi connectivity index (χ1v) is 6.60. The highest BCUT2D eigenvalue weighted by atomic mass is 19.1. The lowest BCUT2D eigenvalue weighted by Crippen LogP contribution is -2.50. The molecule has 0 aromatic heterocycles. The summed E-state index contributed by atoms with van der Waals surface area (Å²) in [4.78, 5) is 4.31. The molecule has 1 fully saturated rings. The van der Waals surface area contributed by atoms with Gasteiger partial charge < -0.3 is 15.7 Å². The molecule has 0 saturated carbocycles. The molecular weight excluding hydrogens is 245 g/mol. The Bertz CT molecular complexity index is 437. The molecule has 4 nitrogen and oxygen atoms in total. The van der Waals surface area contributed by atoms with Crippen LogP contribution in [-0.4, -0.2) is 48.3 Å². The van der Waals surface area contributed by atoms with Gasteiger partial charge in [-0.3, -0.25) is 4.90 Å². The molecule has 0 amide bonds. The van der Waals surface area contributed by atoms with Crippen molar-refractivity contribution in [1.29, 1.82) is 0 Å². The van der Waals surface area contributed by atoms with E-state index < -0.39 is 5.60 Å². The van der Waals surface area contributed by atoms with Gasteiger partial charge in [-0.05, 0) is 32.0 Å². The SMILES string of the molecule is CC(C)(O)CN1CCN(c2cc(F)ccc2N)CC1. The Morgan fingerprint density at radius 3 is 2.47 bits per heavy atom. The van der Waals surface area contributed by atoms with Gasteiger partial charge in [0.25, 0.3) is 0 Å². The number of anilines is 2. The number of nitrogen functional groups attached to an aromatic ring is 1. The number of piperazine rings is 1. The van der Waals surface area contributed by atoms with Crippen LogP contribution in [0.4, 0.5) is 15.8 Å². The number of aliphatic hydroxyl groups is 1. The van der Waals surface area contributed by atoms with Crippen LogP contribution in [0, 0.1) is 5.82 Å². The predicted octanol–water partition coefficient (Wildman–Crippen LogP) is 1.30. The van der Waals surface area contributed by atoms with Gasteiger partial charge in [0.15, 0.2) is 0 Å². The fourth-order valence-corrected chi connectivity index (χ4v) is 2.48. The molecule has 0 aliphatic carbocycles. The molecule has 0 bridgehead atoms. The Morgan fingerprint density at radius 1 is 1.26 bits per heavy atom. The Labute approximate surface area is 113 Å². The lowest BCUT2D eigenvalue weighted by atomic mass is 10.1. The molecule has 19 heavy (non-hydrogen) atoms.